The molecule has 0 radical (unpaired) electrons. The van der Waals surface area contributed by atoms with Crippen molar-refractivity contribution in [3.05, 3.63) is 70.8 Å². The van der Waals surface area contributed by atoms with Gasteiger partial charge in [-0.1, -0.05) is 48.7 Å². The van der Waals surface area contributed by atoms with Gasteiger partial charge < -0.3 is 15.4 Å². The maximum atomic E-state index is 13.1. The van der Waals surface area contributed by atoms with E-state index in [4.69, 9.17) is 22.1 Å². The highest BCUT2D eigenvalue weighted by Crippen LogP contribution is 2.40. The van der Waals surface area contributed by atoms with Crippen LogP contribution in [0, 0.1) is 11.8 Å². The molecule has 11 heteroatoms. The monoisotopic (exact) mass is 627 g/mol. The van der Waals surface area contributed by atoms with Gasteiger partial charge in [-0.3, -0.25) is 19.1 Å². The van der Waals surface area contributed by atoms with Crippen LogP contribution in [0.15, 0.2) is 54.6 Å². The summed E-state index contributed by atoms with van der Waals surface area (Å²) in [7, 11) is -3.48. The van der Waals surface area contributed by atoms with Crippen molar-refractivity contribution in [1.82, 2.24) is 9.62 Å². The first-order chi connectivity index (χ1) is 20.6. The van der Waals surface area contributed by atoms with Crippen molar-refractivity contribution >= 4 is 39.3 Å². The van der Waals surface area contributed by atoms with Crippen LogP contribution in [0.25, 0.3) is 0 Å². The van der Waals surface area contributed by atoms with Crippen molar-refractivity contribution in [2.45, 2.75) is 82.0 Å². The number of hydrogen-bond donors (Lipinski definition) is 2. The first-order valence-corrected chi connectivity index (χ1v) is 16.9. The number of halogens is 1. The molecule has 9 nitrogen and oxygen atoms in total. The number of nitrogens with one attached hydrogen (secondary N) is 1. The largest absolute Gasteiger partial charge is 0.457 e. The van der Waals surface area contributed by atoms with Crippen molar-refractivity contribution < 1.29 is 27.5 Å². The van der Waals surface area contributed by atoms with E-state index in [9.17, 15) is 22.8 Å². The number of nitrogens with zero attached hydrogens (tertiary/aromatic N) is 1. The van der Waals surface area contributed by atoms with E-state index in [1.165, 1.54) is 0 Å². The highest BCUT2D eigenvalue weighted by atomic mass is 35.5. The van der Waals surface area contributed by atoms with E-state index in [0.29, 0.717) is 55.2 Å². The lowest BCUT2D eigenvalue weighted by atomic mass is 9.92. The van der Waals surface area contributed by atoms with Crippen LogP contribution in [0.2, 0.25) is 5.02 Å². The van der Waals surface area contributed by atoms with E-state index in [2.05, 4.69) is 10.8 Å². The Bertz CT molecular complexity index is 1510. The van der Waals surface area contributed by atoms with E-state index in [0.717, 1.165) is 43.2 Å². The quantitative estimate of drug-likeness (QED) is 0.223. The van der Waals surface area contributed by atoms with Crippen LogP contribution >= 0.6 is 11.6 Å². The lowest BCUT2D eigenvalue weighted by Gasteiger charge is -2.35. The molecule has 3 aliphatic rings. The van der Waals surface area contributed by atoms with Gasteiger partial charge in [0.25, 0.3) is 0 Å². The van der Waals surface area contributed by atoms with Crippen LogP contribution in [0.5, 0.6) is 11.5 Å². The van der Waals surface area contributed by atoms with Gasteiger partial charge in [-0.05, 0) is 85.9 Å². The summed E-state index contributed by atoms with van der Waals surface area (Å²) in [5.74, 6) is 0.132. The minimum Gasteiger partial charge on any atom is -0.457 e. The fraction of sp³-hybridized carbons (Fsp3) is 0.469. The van der Waals surface area contributed by atoms with Gasteiger partial charge in [-0.2, -0.15) is 0 Å². The molecule has 3 atom stereocenters. The first-order valence-electron chi connectivity index (χ1n) is 15.0. The number of primary amides is 1. The van der Waals surface area contributed by atoms with Gasteiger partial charge >= 0.3 is 0 Å². The third-order valence-corrected chi connectivity index (χ3v) is 10.3. The van der Waals surface area contributed by atoms with E-state index < -0.39 is 27.2 Å². The third-order valence-electron chi connectivity index (χ3n) is 8.27. The standard InChI is InChI=1S/C32H38ClN3O6S/c33-24-9-7-10-25(19-24)42-26-13-12-22-20-36(29(31(34)38)18-23(22)16-26)30(37)11-6-4-2-1-3-5-8-21-17-28(21)32(39)35-43(40,41)27-14-15-27/h5,7-10,12-13,16,19,21,27-29H,1-4,6,11,14-15,17-18,20H2,(H2,34,38)(H,35,39)/b8-5-/t21-,28+,29-/m1/s1. The fourth-order valence-electron chi connectivity index (χ4n) is 5.52. The Labute approximate surface area is 257 Å². The second-order valence-electron chi connectivity index (χ2n) is 11.7. The molecule has 0 spiro atoms. The van der Waals surface area contributed by atoms with Gasteiger partial charge in [0.2, 0.25) is 27.7 Å². The zero-order chi connectivity index (χ0) is 30.6. The molecule has 3 amide bonds. The average Bonchev–Trinajstić information content (AvgIpc) is 3.88. The highest BCUT2D eigenvalue weighted by Gasteiger charge is 2.45. The molecule has 5 rings (SSSR count). The summed E-state index contributed by atoms with van der Waals surface area (Å²) in [5.41, 5.74) is 7.61. The molecule has 2 aromatic carbocycles. The summed E-state index contributed by atoms with van der Waals surface area (Å²) in [6.07, 6.45) is 11.1. The van der Waals surface area contributed by atoms with Gasteiger partial charge in [-0.15, -0.1) is 0 Å². The summed E-state index contributed by atoms with van der Waals surface area (Å²) >= 11 is 6.05. The molecule has 0 aromatic heterocycles. The van der Waals surface area contributed by atoms with Crippen LogP contribution in [0.1, 0.15) is 68.9 Å². The maximum absolute atomic E-state index is 13.1. The molecule has 2 aromatic rings. The minimum absolute atomic E-state index is 0.0737. The Morgan fingerprint density at radius 2 is 1.79 bits per heavy atom. The fourth-order valence-corrected chi connectivity index (χ4v) is 7.05. The molecule has 1 aliphatic heterocycles. The van der Waals surface area contributed by atoms with Gasteiger partial charge in [0, 0.05) is 30.3 Å². The number of unbranched alkanes of at least 4 members (excludes halogenated alkanes) is 4. The topological polar surface area (TPSA) is 136 Å². The Morgan fingerprint density at radius 3 is 2.53 bits per heavy atom. The van der Waals surface area contributed by atoms with Gasteiger partial charge in [0.15, 0.2) is 0 Å². The molecule has 2 fully saturated rings. The van der Waals surface area contributed by atoms with Crippen LogP contribution in [-0.4, -0.2) is 42.3 Å². The summed E-state index contributed by atoms with van der Waals surface area (Å²) in [6.45, 7) is 0.330. The SMILES string of the molecule is NC(=O)[C@H]1Cc2cc(Oc3cccc(Cl)c3)ccc2CN1C(=O)CCCCCC/C=C\[C@@H]1C[C@@H]1C(=O)NS(=O)(=O)C1CC1. The number of ether oxygens (including phenoxy) is 1. The minimum atomic E-state index is -3.48. The zero-order valence-electron chi connectivity index (χ0n) is 24.0. The lowest BCUT2D eigenvalue weighted by molar-refractivity contribution is -0.140. The van der Waals surface area contributed by atoms with Crippen LogP contribution in [-0.2, 0) is 37.4 Å². The number of rotatable bonds is 14. The molecule has 230 valence electrons. The number of carbonyl (C=O) groups excluding carboxylic acids is 3. The zero-order valence-corrected chi connectivity index (χ0v) is 25.6. The molecular formula is C32H38ClN3O6S. The number of amides is 3. The van der Waals surface area contributed by atoms with Crippen molar-refractivity contribution in [3.8, 4) is 11.5 Å². The molecule has 3 N–H and O–H groups in total. The third kappa shape index (κ3) is 8.38. The lowest BCUT2D eigenvalue weighted by Crippen LogP contribution is -2.51. The van der Waals surface area contributed by atoms with Gasteiger partial charge in [0.1, 0.15) is 17.5 Å². The molecule has 0 saturated heterocycles. The predicted molar refractivity (Wildman–Crippen MR) is 164 cm³/mol. The number of nitrogens with two attached hydrogens (primary N) is 1. The van der Waals surface area contributed by atoms with Crippen molar-refractivity contribution in [1.29, 1.82) is 0 Å². The Balaban J connectivity index is 1.01. The first kappa shape index (κ1) is 31.1. The smallest absolute Gasteiger partial charge is 0.240 e. The van der Waals surface area contributed by atoms with Crippen molar-refractivity contribution in [3.63, 3.8) is 0 Å². The molecule has 2 saturated carbocycles. The maximum Gasteiger partial charge on any atom is 0.240 e. The van der Waals surface area contributed by atoms with E-state index in [1.807, 2.05) is 36.4 Å². The number of benzene rings is 2. The van der Waals surface area contributed by atoms with Crippen LogP contribution < -0.4 is 15.2 Å². The normalized spacial score (nSPS) is 21.3. The van der Waals surface area contributed by atoms with E-state index >= 15 is 0 Å². The molecule has 1 heterocycles. The second kappa shape index (κ2) is 13.5. The number of fused-ring (bicyclic) bond motifs is 1. The average molecular weight is 628 g/mol. The number of sulfonamides is 1. The van der Waals surface area contributed by atoms with Gasteiger partial charge in [0.05, 0.1) is 5.25 Å². The summed E-state index contributed by atoms with van der Waals surface area (Å²) < 4.78 is 32.0. The summed E-state index contributed by atoms with van der Waals surface area (Å²) in [4.78, 5) is 39.1. The highest BCUT2D eigenvalue weighted by molar-refractivity contribution is 7.90. The summed E-state index contributed by atoms with van der Waals surface area (Å²) in [6, 6.07) is 12.1. The van der Waals surface area contributed by atoms with E-state index in [-0.39, 0.29) is 23.7 Å². The number of hydrogen-bond acceptors (Lipinski definition) is 6. The molecular weight excluding hydrogens is 590 g/mol. The Hall–Kier alpha value is -3.37. The number of carbonyl (C=O) groups is 3. The molecule has 0 bridgehead atoms. The predicted octanol–water partition coefficient (Wildman–Crippen LogP) is 5.01. The number of allylic oxidation sites excluding steroid dienone is 2. The van der Waals surface area contributed by atoms with Gasteiger partial charge in [-0.25, -0.2) is 8.42 Å². The molecule has 43 heavy (non-hydrogen) atoms. The Kier molecular flexibility index (Phi) is 9.76. The molecule has 0 unspecified atom stereocenters. The Morgan fingerprint density at radius 1 is 1.02 bits per heavy atom. The van der Waals surface area contributed by atoms with Crippen molar-refractivity contribution in [2.24, 2.45) is 17.6 Å². The molecule has 2 aliphatic carbocycles. The second-order valence-corrected chi connectivity index (χ2v) is 14.1. The summed E-state index contributed by atoms with van der Waals surface area (Å²) in [5, 5.41) is 0.182. The van der Waals surface area contributed by atoms with E-state index in [1.54, 1.807) is 17.0 Å². The van der Waals surface area contributed by atoms with Crippen LogP contribution in [0.4, 0.5) is 0 Å². The van der Waals surface area contributed by atoms with Crippen molar-refractivity contribution in [2.75, 3.05) is 0 Å². The van der Waals surface area contributed by atoms with Crippen LogP contribution in [0.3, 0.4) is 0 Å².